The van der Waals surface area contributed by atoms with Gasteiger partial charge in [-0.25, -0.2) is 0 Å². The van der Waals surface area contributed by atoms with Crippen molar-refractivity contribution in [2.75, 3.05) is 4.90 Å². The first kappa shape index (κ1) is 20.1. The number of halogens is 1. The Morgan fingerprint density at radius 2 is 1.73 bits per heavy atom. The summed E-state index contributed by atoms with van der Waals surface area (Å²) in [5, 5.41) is 3.34. The van der Waals surface area contributed by atoms with Crippen LogP contribution in [0.5, 0.6) is 0 Å². The normalized spacial score (nSPS) is 15.6. The van der Waals surface area contributed by atoms with Crippen molar-refractivity contribution < 1.29 is 9.59 Å². The number of aromatic nitrogens is 1. The Morgan fingerprint density at radius 3 is 2.47 bits per heavy atom. The Morgan fingerprint density at radius 1 is 1.00 bits per heavy atom. The first-order chi connectivity index (χ1) is 14.4. The second-order valence-corrected chi connectivity index (χ2v) is 7.78. The highest BCUT2D eigenvalue weighted by atomic mass is 35.5. The molecule has 0 bridgehead atoms. The fraction of sp³-hybridized carbons (Fsp3) is 0.0870. The van der Waals surface area contributed by atoms with Crippen LogP contribution in [0.2, 0.25) is 5.02 Å². The number of thiocarbonyl (C=S) groups is 1. The van der Waals surface area contributed by atoms with Crippen LogP contribution in [-0.4, -0.2) is 21.5 Å². The summed E-state index contributed by atoms with van der Waals surface area (Å²) in [5.74, 6) is -0.975. The minimum Gasteiger partial charge on any atom is -0.317 e. The molecular weight excluding hydrogens is 418 g/mol. The van der Waals surface area contributed by atoms with Crippen molar-refractivity contribution in [2.24, 2.45) is 0 Å². The minimum atomic E-state index is -0.518. The molecule has 1 N–H and O–H groups in total. The molecular formula is C23H18ClN3O2S. The van der Waals surface area contributed by atoms with Crippen molar-refractivity contribution in [1.82, 2.24) is 9.88 Å². The predicted octanol–water partition coefficient (Wildman–Crippen LogP) is 4.58. The van der Waals surface area contributed by atoms with Gasteiger partial charge in [-0.05, 0) is 85.7 Å². The molecule has 1 aliphatic rings. The van der Waals surface area contributed by atoms with E-state index in [2.05, 4.69) is 5.32 Å². The number of carbonyl (C=O) groups is 2. The van der Waals surface area contributed by atoms with Gasteiger partial charge in [0.05, 0.1) is 5.69 Å². The number of aryl methyl sites for hydroxylation is 1. The lowest BCUT2D eigenvalue weighted by Gasteiger charge is -2.30. The van der Waals surface area contributed by atoms with Gasteiger partial charge in [0.25, 0.3) is 11.8 Å². The zero-order valence-corrected chi connectivity index (χ0v) is 17.9. The van der Waals surface area contributed by atoms with E-state index in [0.717, 1.165) is 16.8 Å². The molecule has 7 heteroatoms. The van der Waals surface area contributed by atoms with Crippen LogP contribution in [0.4, 0.5) is 5.69 Å². The Hall–Kier alpha value is -3.22. The molecule has 0 saturated carbocycles. The van der Waals surface area contributed by atoms with Crippen LogP contribution in [0.3, 0.4) is 0 Å². The summed E-state index contributed by atoms with van der Waals surface area (Å²) < 4.78 is 1.87. The number of rotatable bonds is 3. The summed E-state index contributed by atoms with van der Waals surface area (Å²) in [4.78, 5) is 27.3. The largest absolute Gasteiger partial charge is 0.317 e. The van der Waals surface area contributed by atoms with Gasteiger partial charge in [-0.3, -0.25) is 19.8 Å². The van der Waals surface area contributed by atoms with Crippen LogP contribution in [0, 0.1) is 13.8 Å². The Bertz CT molecular complexity index is 1210. The number of benzene rings is 2. The average molecular weight is 436 g/mol. The first-order valence-electron chi connectivity index (χ1n) is 9.28. The Kier molecular flexibility index (Phi) is 5.28. The van der Waals surface area contributed by atoms with E-state index in [0.29, 0.717) is 16.4 Å². The second-order valence-electron chi connectivity index (χ2n) is 6.96. The van der Waals surface area contributed by atoms with E-state index in [1.54, 1.807) is 18.2 Å². The lowest BCUT2D eigenvalue weighted by atomic mass is 10.0. The van der Waals surface area contributed by atoms with E-state index in [4.69, 9.17) is 23.8 Å². The summed E-state index contributed by atoms with van der Waals surface area (Å²) in [6.07, 6.45) is 3.43. The zero-order valence-electron chi connectivity index (χ0n) is 16.3. The van der Waals surface area contributed by atoms with Crippen molar-refractivity contribution in [1.29, 1.82) is 0 Å². The molecule has 4 rings (SSSR count). The number of hydrogen-bond acceptors (Lipinski definition) is 3. The highest BCUT2D eigenvalue weighted by Gasteiger charge is 2.35. The van der Waals surface area contributed by atoms with Crippen LogP contribution in [0.1, 0.15) is 16.8 Å². The fourth-order valence-corrected chi connectivity index (χ4v) is 3.75. The standard InChI is InChI=1S/C23H18ClN3O2S/c1-14-5-3-7-20(15(14)2)27-22(29)19(21(28)25-23(27)30)13-18-6-4-12-26(18)17-10-8-16(24)9-11-17/h3-13H,1-2H3,(H,25,28,30). The number of nitrogens with one attached hydrogen (secondary N) is 1. The molecule has 0 spiro atoms. The molecule has 2 aromatic carbocycles. The maximum absolute atomic E-state index is 13.3. The predicted molar refractivity (Wildman–Crippen MR) is 123 cm³/mol. The van der Waals surface area contributed by atoms with Crippen LogP contribution >= 0.6 is 23.8 Å². The van der Waals surface area contributed by atoms with E-state index >= 15 is 0 Å². The molecule has 150 valence electrons. The molecule has 1 aromatic heterocycles. The molecule has 0 unspecified atom stereocenters. The second kappa shape index (κ2) is 7.89. The smallest absolute Gasteiger partial charge is 0.270 e. The molecule has 1 fully saturated rings. The number of hydrogen-bond donors (Lipinski definition) is 1. The molecule has 30 heavy (non-hydrogen) atoms. The summed E-state index contributed by atoms with van der Waals surface area (Å²) in [6.45, 7) is 3.89. The van der Waals surface area contributed by atoms with Gasteiger partial charge in [-0.15, -0.1) is 0 Å². The quantitative estimate of drug-likeness (QED) is 0.372. The molecule has 5 nitrogen and oxygen atoms in total. The number of carbonyl (C=O) groups excluding carboxylic acids is 2. The van der Waals surface area contributed by atoms with Crippen molar-refractivity contribution >= 4 is 52.5 Å². The molecule has 2 heterocycles. The third-order valence-corrected chi connectivity index (χ3v) is 5.63. The summed E-state index contributed by atoms with van der Waals surface area (Å²) >= 11 is 11.3. The highest BCUT2D eigenvalue weighted by molar-refractivity contribution is 7.80. The molecule has 3 aromatic rings. The highest BCUT2D eigenvalue weighted by Crippen LogP contribution is 2.27. The van der Waals surface area contributed by atoms with E-state index < -0.39 is 11.8 Å². The van der Waals surface area contributed by atoms with Gasteiger partial charge in [0.1, 0.15) is 5.57 Å². The van der Waals surface area contributed by atoms with Gasteiger partial charge < -0.3 is 4.57 Å². The average Bonchev–Trinajstić information content (AvgIpc) is 3.17. The van der Waals surface area contributed by atoms with Crippen molar-refractivity contribution in [3.8, 4) is 5.69 Å². The number of nitrogens with zero attached hydrogens (tertiary/aromatic N) is 2. The molecule has 1 aliphatic heterocycles. The monoisotopic (exact) mass is 435 g/mol. The molecule has 0 atom stereocenters. The van der Waals surface area contributed by atoms with Crippen molar-refractivity contribution in [2.45, 2.75) is 13.8 Å². The Labute approximate surface area is 184 Å². The van der Waals surface area contributed by atoms with E-state index in [9.17, 15) is 9.59 Å². The third kappa shape index (κ3) is 3.56. The van der Waals surface area contributed by atoms with Crippen molar-refractivity contribution in [3.05, 3.63) is 88.2 Å². The maximum atomic E-state index is 13.3. The Balaban J connectivity index is 1.77. The van der Waals surface area contributed by atoms with E-state index in [1.807, 2.05) is 67.1 Å². The van der Waals surface area contributed by atoms with Gasteiger partial charge in [0.15, 0.2) is 5.11 Å². The molecule has 0 radical (unpaired) electrons. The third-order valence-electron chi connectivity index (χ3n) is 5.10. The molecule has 0 aliphatic carbocycles. The lowest BCUT2D eigenvalue weighted by molar-refractivity contribution is -0.122. The summed E-state index contributed by atoms with van der Waals surface area (Å²) in [7, 11) is 0. The minimum absolute atomic E-state index is 0.0124. The van der Waals surface area contributed by atoms with Gasteiger partial charge in [0.2, 0.25) is 0 Å². The topological polar surface area (TPSA) is 54.3 Å². The SMILES string of the molecule is Cc1cccc(N2C(=O)C(=Cc3cccn3-c3ccc(Cl)cc3)C(=O)NC2=S)c1C. The number of anilines is 1. The van der Waals surface area contributed by atoms with Gasteiger partial charge in [-0.2, -0.15) is 0 Å². The fourth-order valence-electron chi connectivity index (χ4n) is 3.35. The molecule has 1 saturated heterocycles. The lowest BCUT2D eigenvalue weighted by Crippen LogP contribution is -2.54. The molecule has 2 amide bonds. The van der Waals surface area contributed by atoms with Gasteiger partial charge >= 0.3 is 0 Å². The van der Waals surface area contributed by atoms with Crippen molar-refractivity contribution in [3.63, 3.8) is 0 Å². The van der Waals surface area contributed by atoms with Gasteiger partial charge in [0, 0.05) is 22.6 Å². The van der Waals surface area contributed by atoms with E-state index in [-0.39, 0.29) is 10.7 Å². The van der Waals surface area contributed by atoms with Crippen LogP contribution in [0.25, 0.3) is 11.8 Å². The van der Waals surface area contributed by atoms with Crippen LogP contribution in [-0.2, 0) is 9.59 Å². The van der Waals surface area contributed by atoms with Gasteiger partial charge in [-0.1, -0.05) is 23.7 Å². The summed E-state index contributed by atoms with van der Waals surface area (Å²) in [5.41, 5.74) is 4.17. The number of amides is 2. The van der Waals surface area contributed by atoms with Crippen LogP contribution < -0.4 is 10.2 Å². The van der Waals surface area contributed by atoms with E-state index in [1.165, 1.54) is 4.90 Å². The van der Waals surface area contributed by atoms with Crippen LogP contribution in [0.15, 0.2) is 66.4 Å². The maximum Gasteiger partial charge on any atom is 0.270 e. The summed E-state index contributed by atoms with van der Waals surface area (Å²) in [6, 6.07) is 16.6. The zero-order chi connectivity index (χ0) is 21.4. The first-order valence-corrected chi connectivity index (χ1v) is 10.1.